The Morgan fingerprint density at radius 3 is 2.65 bits per heavy atom. The molecule has 1 fully saturated rings. The topological polar surface area (TPSA) is 126 Å². The fraction of sp³-hybridized carbons (Fsp3) is 0.429. The van der Waals surface area contributed by atoms with Crippen LogP contribution in [0.1, 0.15) is 43.7 Å². The van der Waals surface area contributed by atoms with Crippen LogP contribution in [0.3, 0.4) is 0 Å². The smallest absolute Gasteiger partial charge is 0.261 e. The summed E-state index contributed by atoms with van der Waals surface area (Å²) in [4.78, 5) is 15.5. The summed E-state index contributed by atoms with van der Waals surface area (Å²) in [7, 11) is -0.642. The van der Waals surface area contributed by atoms with Crippen molar-refractivity contribution in [2.75, 3.05) is 19.4 Å². The van der Waals surface area contributed by atoms with Crippen molar-refractivity contribution in [3.8, 4) is 0 Å². The molecule has 2 heterocycles. The van der Waals surface area contributed by atoms with Gasteiger partial charge >= 0.3 is 0 Å². The van der Waals surface area contributed by atoms with Crippen LogP contribution in [0.15, 0.2) is 40.2 Å². The molecule has 1 saturated carbocycles. The van der Waals surface area contributed by atoms with Gasteiger partial charge in [-0.3, -0.25) is 9.48 Å². The van der Waals surface area contributed by atoms with Crippen LogP contribution in [0, 0.1) is 0 Å². The number of fused-ring (bicyclic) bond motifs is 1. The van der Waals surface area contributed by atoms with Crippen LogP contribution in [0.5, 0.6) is 0 Å². The van der Waals surface area contributed by atoms with Crippen LogP contribution in [-0.4, -0.2) is 41.6 Å². The molecule has 0 aliphatic heterocycles. The molecule has 1 aliphatic carbocycles. The van der Waals surface area contributed by atoms with Crippen LogP contribution in [0.25, 0.3) is 10.9 Å². The number of aromatic nitrogens is 3. The van der Waals surface area contributed by atoms with Gasteiger partial charge in [-0.15, -0.1) is 0 Å². The van der Waals surface area contributed by atoms with Gasteiger partial charge < -0.3 is 16.0 Å². The standard InChI is InChI=1S/C21H28N6O3S/c1-26(2)31(29,30)18-9-8-15(12-14(18)13-22)24-20-19-17(10-11-23-21(19)28)27(25-20)16-6-4-3-5-7-16/h8-12,16H,3-7,13,22H2,1-2H3,(H,23,28)(H,24,25). The number of hydrogen-bond acceptors (Lipinski definition) is 6. The number of anilines is 2. The van der Waals surface area contributed by atoms with Crippen molar-refractivity contribution in [1.29, 1.82) is 0 Å². The van der Waals surface area contributed by atoms with E-state index in [1.54, 1.807) is 18.3 Å². The van der Waals surface area contributed by atoms with E-state index in [0.29, 0.717) is 22.5 Å². The maximum atomic E-state index is 12.6. The number of rotatable bonds is 6. The molecule has 0 spiro atoms. The van der Waals surface area contributed by atoms with E-state index in [9.17, 15) is 13.2 Å². The molecule has 3 aromatic rings. The van der Waals surface area contributed by atoms with Crippen molar-refractivity contribution in [2.24, 2.45) is 5.73 Å². The van der Waals surface area contributed by atoms with Gasteiger partial charge in [0.25, 0.3) is 5.56 Å². The van der Waals surface area contributed by atoms with E-state index in [1.165, 1.54) is 26.6 Å². The number of sulfonamides is 1. The number of benzene rings is 1. The van der Waals surface area contributed by atoms with Crippen molar-refractivity contribution < 1.29 is 8.42 Å². The normalized spacial score (nSPS) is 15.6. The van der Waals surface area contributed by atoms with E-state index in [4.69, 9.17) is 10.8 Å². The Balaban J connectivity index is 1.76. The van der Waals surface area contributed by atoms with Crippen LogP contribution in [0.2, 0.25) is 0 Å². The molecular weight excluding hydrogens is 416 g/mol. The molecular formula is C21H28N6O3S. The summed E-state index contributed by atoms with van der Waals surface area (Å²) in [6.45, 7) is 0.0652. The van der Waals surface area contributed by atoms with Gasteiger partial charge in [0.1, 0.15) is 5.39 Å². The summed E-state index contributed by atoms with van der Waals surface area (Å²) in [5.74, 6) is 0.452. The molecule has 4 N–H and O–H groups in total. The third-order valence-electron chi connectivity index (χ3n) is 5.85. The summed E-state index contributed by atoms with van der Waals surface area (Å²) in [6, 6.07) is 7.03. The van der Waals surface area contributed by atoms with Crippen molar-refractivity contribution >= 4 is 32.4 Å². The van der Waals surface area contributed by atoms with Gasteiger partial charge in [-0.2, -0.15) is 5.10 Å². The van der Waals surface area contributed by atoms with Crippen molar-refractivity contribution in [1.82, 2.24) is 19.1 Å². The lowest BCUT2D eigenvalue weighted by molar-refractivity contribution is 0.338. The van der Waals surface area contributed by atoms with Crippen molar-refractivity contribution in [3.05, 3.63) is 46.4 Å². The summed E-state index contributed by atoms with van der Waals surface area (Å²) in [5, 5.41) is 8.46. The fourth-order valence-corrected chi connectivity index (χ4v) is 5.30. The quantitative estimate of drug-likeness (QED) is 0.537. The first-order valence-corrected chi connectivity index (χ1v) is 11.9. The largest absolute Gasteiger partial charge is 0.338 e. The minimum absolute atomic E-state index is 0.0652. The highest BCUT2D eigenvalue weighted by Crippen LogP contribution is 2.33. The maximum Gasteiger partial charge on any atom is 0.261 e. The Morgan fingerprint density at radius 1 is 1.23 bits per heavy atom. The molecule has 0 saturated heterocycles. The SMILES string of the molecule is CN(C)S(=O)(=O)c1ccc(Nc2nn(C3CCCCC3)c3cc[nH]c(=O)c23)cc1CN. The van der Waals surface area contributed by atoms with E-state index < -0.39 is 10.0 Å². The molecule has 4 rings (SSSR count). The Labute approximate surface area is 181 Å². The Bertz CT molecular complexity index is 1260. The molecule has 31 heavy (non-hydrogen) atoms. The van der Waals surface area contributed by atoms with Crippen LogP contribution in [0.4, 0.5) is 11.5 Å². The van der Waals surface area contributed by atoms with Crippen LogP contribution in [-0.2, 0) is 16.6 Å². The van der Waals surface area contributed by atoms with Gasteiger partial charge in [-0.1, -0.05) is 19.3 Å². The molecule has 0 radical (unpaired) electrons. The molecule has 1 aliphatic rings. The summed E-state index contributed by atoms with van der Waals surface area (Å²) in [5.41, 5.74) is 7.53. The molecule has 9 nitrogen and oxygen atoms in total. The number of hydrogen-bond donors (Lipinski definition) is 3. The number of nitrogens with one attached hydrogen (secondary N) is 2. The van der Waals surface area contributed by atoms with Gasteiger partial charge in [0.05, 0.1) is 16.5 Å². The minimum Gasteiger partial charge on any atom is -0.338 e. The van der Waals surface area contributed by atoms with Gasteiger partial charge in [0.15, 0.2) is 5.82 Å². The molecule has 10 heteroatoms. The molecule has 1 aromatic carbocycles. The Hall–Kier alpha value is -2.69. The van der Waals surface area contributed by atoms with Crippen molar-refractivity contribution in [3.63, 3.8) is 0 Å². The molecule has 2 aromatic heterocycles. The van der Waals surface area contributed by atoms with Gasteiger partial charge in [0, 0.05) is 32.5 Å². The third kappa shape index (κ3) is 3.98. The van der Waals surface area contributed by atoms with Crippen LogP contribution < -0.4 is 16.6 Å². The van der Waals surface area contributed by atoms with E-state index in [1.807, 2.05) is 10.7 Å². The van der Waals surface area contributed by atoms with E-state index >= 15 is 0 Å². The van der Waals surface area contributed by atoms with Crippen molar-refractivity contribution in [2.45, 2.75) is 49.6 Å². The monoisotopic (exact) mass is 444 g/mol. The second-order valence-corrected chi connectivity index (χ2v) is 10.2. The van der Waals surface area contributed by atoms with Gasteiger partial charge in [-0.25, -0.2) is 12.7 Å². The molecule has 0 amide bonds. The first kappa shape index (κ1) is 21.5. The van der Waals surface area contributed by atoms with E-state index in [-0.39, 0.29) is 23.0 Å². The lowest BCUT2D eigenvalue weighted by Gasteiger charge is -2.22. The molecule has 0 bridgehead atoms. The number of pyridine rings is 1. The second kappa shape index (κ2) is 8.45. The molecule has 166 valence electrons. The number of nitrogens with zero attached hydrogens (tertiary/aromatic N) is 3. The molecule has 0 atom stereocenters. The predicted molar refractivity (Wildman–Crippen MR) is 121 cm³/mol. The number of aromatic amines is 1. The lowest BCUT2D eigenvalue weighted by Crippen LogP contribution is -2.24. The minimum atomic E-state index is -3.61. The molecule has 0 unspecified atom stereocenters. The van der Waals surface area contributed by atoms with Gasteiger partial charge in [0.2, 0.25) is 10.0 Å². The third-order valence-corrected chi connectivity index (χ3v) is 7.77. The van der Waals surface area contributed by atoms with Gasteiger partial charge in [-0.05, 0) is 42.7 Å². The van der Waals surface area contributed by atoms with E-state index in [2.05, 4.69) is 10.3 Å². The highest BCUT2D eigenvalue weighted by Gasteiger charge is 2.23. The lowest BCUT2D eigenvalue weighted by atomic mass is 9.95. The average Bonchev–Trinajstić information content (AvgIpc) is 3.13. The van der Waals surface area contributed by atoms with E-state index in [0.717, 1.165) is 35.5 Å². The zero-order chi connectivity index (χ0) is 22.2. The maximum absolute atomic E-state index is 12.6. The Kier molecular flexibility index (Phi) is 5.87. The number of nitrogens with two attached hydrogens (primary N) is 1. The number of H-pyrrole nitrogens is 1. The first-order valence-electron chi connectivity index (χ1n) is 10.5. The zero-order valence-corrected chi connectivity index (χ0v) is 18.6. The summed E-state index contributed by atoms with van der Waals surface area (Å²) in [6.07, 6.45) is 7.25. The predicted octanol–water partition coefficient (Wildman–Crippen LogP) is 2.68. The average molecular weight is 445 g/mol. The first-order chi connectivity index (χ1) is 14.8. The highest BCUT2D eigenvalue weighted by atomic mass is 32.2. The van der Waals surface area contributed by atoms with Crippen LogP contribution >= 0.6 is 0 Å². The summed E-state index contributed by atoms with van der Waals surface area (Å²) >= 11 is 0. The zero-order valence-electron chi connectivity index (χ0n) is 17.8. The summed E-state index contributed by atoms with van der Waals surface area (Å²) < 4.78 is 28.3. The second-order valence-electron chi connectivity index (χ2n) is 8.09. The highest BCUT2D eigenvalue weighted by molar-refractivity contribution is 7.89. The fourth-order valence-electron chi connectivity index (χ4n) is 4.19. The Morgan fingerprint density at radius 2 is 1.97 bits per heavy atom.